The topological polar surface area (TPSA) is 40.6 Å². The van der Waals surface area contributed by atoms with Crippen molar-refractivity contribution in [3.8, 4) is 11.3 Å². The van der Waals surface area contributed by atoms with Gasteiger partial charge in [-0.3, -0.25) is 0 Å². The summed E-state index contributed by atoms with van der Waals surface area (Å²) >= 11 is 0. The summed E-state index contributed by atoms with van der Waals surface area (Å²) < 4.78 is 8.46. The van der Waals surface area contributed by atoms with Crippen LogP contribution in [0.15, 0.2) is 51.7 Å². The van der Waals surface area contributed by atoms with E-state index in [1.807, 2.05) is 13.1 Å². The second-order valence-corrected chi connectivity index (χ2v) is 12.1. The number of pyridine rings is 1. The fraction of sp³-hybridized carbons (Fsp3) is 0.394. The minimum absolute atomic E-state index is 0.0372. The van der Waals surface area contributed by atoms with Gasteiger partial charge in [0.25, 0.3) is 0 Å². The molecule has 4 aliphatic heterocycles. The molecule has 4 heterocycles. The third-order valence-corrected chi connectivity index (χ3v) is 8.73. The Morgan fingerprint density at radius 1 is 0.789 bits per heavy atom. The largest absolute Gasteiger partial charge is 0.455 e. The first kappa shape index (κ1) is 24.7. The molecule has 0 atom stereocenters. The Morgan fingerprint density at radius 3 is 1.89 bits per heavy atom. The van der Waals surface area contributed by atoms with Gasteiger partial charge in [-0.15, -0.1) is 0 Å². The molecule has 38 heavy (non-hydrogen) atoms. The van der Waals surface area contributed by atoms with Gasteiger partial charge >= 0.3 is 5.56 Å². The third kappa shape index (κ3) is 3.30. The number of fused-ring (bicyclic) bond motifs is 6. The van der Waals surface area contributed by atoms with E-state index < -0.39 is 0 Å². The lowest BCUT2D eigenvalue weighted by molar-refractivity contribution is -0.658. The molecule has 0 bridgehead atoms. The van der Waals surface area contributed by atoms with Crippen molar-refractivity contribution in [2.24, 2.45) is 7.05 Å². The number of rotatable bonds is 2. The number of aromatic nitrogens is 1. The van der Waals surface area contributed by atoms with Crippen LogP contribution in [-0.4, -0.2) is 24.2 Å². The average molecular weight is 509 g/mol. The second-order valence-electron chi connectivity index (χ2n) is 12.1. The predicted octanol–water partition coefficient (Wildman–Crippen LogP) is 6.92. The number of nitrogens with zero attached hydrogens (tertiary/aromatic N) is 3. The van der Waals surface area contributed by atoms with Crippen LogP contribution in [0, 0.1) is 0 Å². The summed E-state index contributed by atoms with van der Waals surface area (Å²) in [5.74, 6) is 0.657. The van der Waals surface area contributed by atoms with Gasteiger partial charge in [0.15, 0.2) is 5.76 Å². The Balaban J connectivity index is 1.70. The molecule has 0 unspecified atom stereocenters. The van der Waals surface area contributed by atoms with Crippen LogP contribution in [0.5, 0.6) is 0 Å². The number of allylic oxidation sites excluding steroid dienone is 2. The molecule has 5 nitrogen and oxygen atoms in total. The Labute approximate surface area is 225 Å². The maximum atomic E-state index is 13.7. The van der Waals surface area contributed by atoms with Crippen LogP contribution in [0.25, 0.3) is 44.3 Å². The molecular formula is C33H38N3O2+. The molecule has 5 heteroatoms. The van der Waals surface area contributed by atoms with E-state index in [9.17, 15) is 4.79 Å². The molecule has 0 spiro atoms. The highest BCUT2D eigenvalue weighted by molar-refractivity contribution is 6.00. The number of benzene rings is 2. The summed E-state index contributed by atoms with van der Waals surface area (Å²) in [5.41, 5.74) is 9.32. The van der Waals surface area contributed by atoms with Crippen LogP contribution in [0.3, 0.4) is 0 Å². The number of hydrogen-bond acceptors (Lipinski definition) is 4. The van der Waals surface area contributed by atoms with Crippen LogP contribution in [-0.2, 0) is 7.05 Å². The van der Waals surface area contributed by atoms with Crippen LogP contribution < -0.4 is 19.9 Å². The second kappa shape index (κ2) is 7.95. The molecule has 0 saturated carbocycles. The molecule has 0 fully saturated rings. The van der Waals surface area contributed by atoms with Gasteiger partial charge < -0.3 is 14.2 Å². The number of likely N-dealkylation sites (N-methyl/N-ethyl adjacent to an activating group) is 2. The molecule has 4 aliphatic rings. The third-order valence-electron chi connectivity index (χ3n) is 8.73. The van der Waals surface area contributed by atoms with E-state index in [1.54, 1.807) is 4.57 Å². The van der Waals surface area contributed by atoms with Crippen molar-refractivity contribution in [3.63, 3.8) is 0 Å². The molecule has 0 aromatic heterocycles. The van der Waals surface area contributed by atoms with Gasteiger partial charge in [0.05, 0.1) is 22.2 Å². The number of aryl methyl sites for hydroxylation is 1. The van der Waals surface area contributed by atoms with Crippen molar-refractivity contribution in [2.75, 3.05) is 22.9 Å². The maximum absolute atomic E-state index is 13.7. The Bertz CT molecular complexity index is 1750. The summed E-state index contributed by atoms with van der Waals surface area (Å²) in [5, 5.41) is 1.91. The fourth-order valence-corrected chi connectivity index (χ4v) is 7.08. The van der Waals surface area contributed by atoms with Crippen molar-refractivity contribution in [1.29, 1.82) is 0 Å². The summed E-state index contributed by atoms with van der Waals surface area (Å²) in [6.07, 6.45) is 4.67. The first-order valence-corrected chi connectivity index (χ1v) is 13.7. The Hall–Kier alpha value is -3.60. The Kier molecular flexibility index (Phi) is 5.17. The van der Waals surface area contributed by atoms with E-state index in [0.717, 1.165) is 40.6 Å². The first-order valence-electron chi connectivity index (χ1n) is 13.7. The van der Waals surface area contributed by atoms with Crippen molar-refractivity contribution in [3.05, 3.63) is 64.0 Å². The Morgan fingerprint density at radius 2 is 1.32 bits per heavy atom. The van der Waals surface area contributed by atoms with E-state index >= 15 is 0 Å². The molecule has 2 aromatic rings. The van der Waals surface area contributed by atoms with Crippen molar-refractivity contribution in [1.82, 2.24) is 0 Å². The molecule has 0 aliphatic carbocycles. The van der Waals surface area contributed by atoms with Crippen molar-refractivity contribution < 1.29 is 8.98 Å². The zero-order chi connectivity index (χ0) is 27.3. The summed E-state index contributed by atoms with van der Waals surface area (Å²) in [6.45, 7) is 19.5. The molecular weight excluding hydrogens is 470 g/mol. The van der Waals surface area contributed by atoms with Crippen LogP contribution >= 0.6 is 0 Å². The van der Waals surface area contributed by atoms with Crippen molar-refractivity contribution in [2.45, 2.75) is 66.5 Å². The molecule has 196 valence electrons. The summed E-state index contributed by atoms with van der Waals surface area (Å²) in [6, 6.07) is 10.8. The lowest BCUT2D eigenvalue weighted by Crippen LogP contribution is -2.48. The van der Waals surface area contributed by atoms with Gasteiger partial charge in [0.1, 0.15) is 18.2 Å². The summed E-state index contributed by atoms with van der Waals surface area (Å²) in [4.78, 5) is 18.5. The number of hydrogen-bond donors (Lipinski definition) is 0. The minimum atomic E-state index is -0.0968. The maximum Gasteiger partial charge on any atom is 0.423 e. The van der Waals surface area contributed by atoms with E-state index in [4.69, 9.17) is 4.42 Å². The van der Waals surface area contributed by atoms with Crippen LogP contribution in [0.2, 0.25) is 0 Å². The van der Waals surface area contributed by atoms with E-state index in [2.05, 4.69) is 102 Å². The molecule has 0 saturated heterocycles. The standard InChI is InChI=1S/C33H38N3O2/c1-10-35-27-15-26-24(14-23(27)20(4)18-32(35,5)6)30-25(31(37)34(26)9)13-21-12-22-19(3)17-33(7,8)36(11-2)28(22)16-29(21)38-30/h12-18H,10-11H2,1-9H3/q+1. The van der Waals surface area contributed by atoms with E-state index in [-0.39, 0.29) is 16.6 Å². The van der Waals surface area contributed by atoms with E-state index in [0.29, 0.717) is 11.3 Å². The van der Waals surface area contributed by atoms with E-state index in [1.165, 1.54) is 28.0 Å². The molecule has 0 N–H and O–H groups in total. The van der Waals surface area contributed by atoms with Gasteiger partial charge in [0.2, 0.25) is 5.52 Å². The van der Waals surface area contributed by atoms with Gasteiger partial charge in [0, 0.05) is 47.4 Å². The molecule has 6 rings (SSSR count). The van der Waals surface area contributed by atoms with Gasteiger partial charge in [-0.1, -0.05) is 12.2 Å². The highest BCUT2D eigenvalue weighted by atomic mass is 16.3. The molecule has 0 radical (unpaired) electrons. The van der Waals surface area contributed by atoms with Crippen LogP contribution in [0.4, 0.5) is 11.4 Å². The van der Waals surface area contributed by atoms with Gasteiger partial charge in [-0.2, -0.15) is 4.57 Å². The summed E-state index contributed by atoms with van der Waals surface area (Å²) in [7, 11) is 1.87. The average Bonchev–Trinajstić information content (AvgIpc) is 2.84. The smallest absolute Gasteiger partial charge is 0.423 e. The highest BCUT2D eigenvalue weighted by Crippen LogP contribution is 2.44. The normalized spacial score (nSPS) is 18.0. The predicted molar refractivity (Wildman–Crippen MR) is 159 cm³/mol. The zero-order valence-electron chi connectivity index (χ0n) is 24.1. The molecule has 0 amide bonds. The lowest BCUT2D eigenvalue weighted by Gasteiger charge is -2.42. The van der Waals surface area contributed by atoms with Crippen LogP contribution in [0.1, 0.15) is 66.5 Å². The van der Waals surface area contributed by atoms with Crippen molar-refractivity contribution >= 4 is 44.4 Å². The fourth-order valence-electron chi connectivity index (χ4n) is 7.08. The number of anilines is 2. The van der Waals surface area contributed by atoms with Gasteiger partial charge in [-0.25, -0.2) is 4.79 Å². The molecule has 2 aromatic carbocycles. The zero-order valence-corrected chi connectivity index (χ0v) is 24.1. The minimum Gasteiger partial charge on any atom is -0.455 e. The highest BCUT2D eigenvalue weighted by Gasteiger charge is 2.35. The monoisotopic (exact) mass is 508 g/mol. The SMILES string of the molecule is CCN1c2cc3oc4c5cc6c(cc5[n+](C)c(=O)c-4cc3cc2C(C)=CC1(C)C)N(CC)C(C)(C)C=C6C. The first-order chi connectivity index (χ1) is 17.9. The quantitative estimate of drug-likeness (QED) is 0.167. The lowest BCUT2D eigenvalue weighted by atomic mass is 9.87. The van der Waals surface area contributed by atoms with Gasteiger partial charge in [-0.05, 0) is 84.7 Å².